The topological polar surface area (TPSA) is 0 Å². The third kappa shape index (κ3) is 2.37. The Bertz CT molecular complexity index is 592. The van der Waals surface area contributed by atoms with Crippen molar-refractivity contribution in [2.45, 2.75) is 37.3 Å². The summed E-state index contributed by atoms with van der Waals surface area (Å²) < 4.78 is 13.5. The van der Waals surface area contributed by atoms with Gasteiger partial charge in [0.15, 0.2) is 0 Å². The van der Waals surface area contributed by atoms with Crippen LogP contribution in [0.25, 0.3) is 0 Å². The lowest BCUT2D eigenvalue weighted by Crippen LogP contribution is -2.10. The average molecular weight is 286 g/mol. The third-order valence-corrected chi connectivity index (χ3v) is 5.11. The number of fused-ring (bicyclic) bond motifs is 2. The van der Waals surface area contributed by atoms with Gasteiger partial charge >= 0.3 is 0 Å². The van der Waals surface area contributed by atoms with Crippen molar-refractivity contribution in [3.63, 3.8) is 0 Å². The predicted octanol–water partition coefficient (Wildman–Crippen LogP) is 5.53. The van der Waals surface area contributed by atoms with E-state index in [0.717, 1.165) is 11.3 Å². The fourth-order valence-corrected chi connectivity index (χ4v) is 4.26. The molecular weight excluding hydrogens is 267 g/mol. The van der Waals surface area contributed by atoms with E-state index in [1.807, 2.05) is 17.8 Å². The molecule has 0 amide bonds. The zero-order valence-corrected chi connectivity index (χ0v) is 12.9. The molecule has 0 radical (unpaired) electrons. The standard InChI is InChI=1S/C18H19FS/c1-11(2)18-15-7-5-14(19)9-13(15)10-20-17-8-12(3)4-6-16(17)18/h4-9,11,18H,10H2,1-3H3/t18-/m1/s1. The molecule has 2 aromatic carbocycles. The highest BCUT2D eigenvalue weighted by Gasteiger charge is 2.26. The summed E-state index contributed by atoms with van der Waals surface area (Å²) >= 11 is 1.83. The molecule has 1 heterocycles. The molecule has 0 aromatic heterocycles. The van der Waals surface area contributed by atoms with Crippen LogP contribution in [0.1, 0.15) is 42.0 Å². The van der Waals surface area contributed by atoms with Crippen LogP contribution in [-0.2, 0) is 5.75 Å². The second kappa shape index (κ2) is 5.25. The largest absolute Gasteiger partial charge is 0.207 e. The van der Waals surface area contributed by atoms with Crippen LogP contribution in [0.5, 0.6) is 0 Å². The molecule has 0 nitrogen and oxygen atoms in total. The molecule has 104 valence electrons. The SMILES string of the molecule is Cc1ccc2c(c1)SCc1cc(F)ccc1[C@H]2C(C)C. The first-order valence-electron chi connectivity index (χ1n) is 7.08. The van der Waals surface area contributed by atoms with Gasteiger partial charge in [-0.3, -0.25) is 0 Å². The summed E-state index contributed by atoms with van der Waals surface area (Å²) in [4.78, 5) is 1.35. The van der Waals surface area contributed by atoms with Gasteiger partial charge in [0.05, 0.1) is 0 Å². The van der Waals surface area contributed by atoms with Crippen molar-refractivity contribution in [3.05, 3.63) is 64.5 Å². The van der Waals surface area contributed by atoms with Gasteiger partial charge in [0.25, 0.3) is 0 Å². The van der Waals surface area contributed by atoms with Crippen molar-refractivity contribution in [2.24, 2.45) is 5.92 Å². The molecule has 2 aromatic rings. The van der Waals surface area contributed by atoms with Crippen LogP contribution in [0.3, 0.4) is 0 Å². The summed E-state index contributed by atoms with van der Waals surface area (Å²) in [6.07, 6.45) is 0. The van der Waals surface area contributed by atoms with Crippen LogP contribution in [0.4, 0.5) is 4.39 Å². The third-order valence-electron chi connectivity index (χ3n) is 3.99. The molecule has 0 bridgehead atoms. The second-order valence-electron chi connectivity index (χ2n) is 5.89. The summed E-state index contributed by atoms with van der Waals surface area (Å²) in [5, 5.41) is 0. The molecule has 0 saturated carbocycles. The Labute approximate surface area is 124 Å². The molecule has 1 atom stereocenters. The minimum atomic E-state index is -0.131. The molecule has 0 fully saturated rings. The van der Waals surface area contributed by atoms with Crippen molar-refractivity contribution >= 4 is 11.8 Å². The van der Waals surface area contributed by atoms with Crippen LogP contribution >= 0.6 is 11.8 Å². The number of hydrogen-bond donors (Lipinski definition) is 0. The first kappa shape index (κ1) is 13.7. The second-order valence-corrected chi connectivity index (χ2v) is 6.91. The van der Waals surface area contributed by atoms with Crippen LogP contribution in [0.2, 0.25) is 0 Å². The average Bonchev–Trinajstić information content (AvgIpc) is 2.55. The van der Waals surface area contributed by atoms with Crippen LogP contribution in [0, 0.1) is 18.7 Å². The quantitative estimate of drug-likeness (QED) is 0.664. The van der Waals surface area contributed by atoms with E-state index in [1.165, 1.54) is 21.6 Å². The van der Waals surface area contributed by atoms with E-state index in [9.17, 15) is 4.39 Å². The highest BCUT2D eigenvalue weighted by Crippen LogP contribution is 2.44. The molecule has 0 saturated heterocycles. The number of thioether (sulfide) groups is 1. The smallest absolute Gasteiger partial charge is 0.123 e. The fourth-order valence-electron chi connectivity index (χ4n) is 3.07. The van der Waals surface area contributed by atoms with Gasteiger partial charge in [-0.1, -0.05) is 32.0 Å². The first-order chi connectivity index (χ1) is 9.56. The van der Waals surface area contributed by atoms with Gasteiger partial charge in [-0.2, -0.15) is 0 Å². The Hall–Kier alpha value is -1.28. The Balaban J connectivity index is 2.21. The van der Waals surface area contributed by atoms with E-state index >= 15 is 0 Å². The highest BCUT2D eigenvalue weighted by atomic mass is 32.2. The van der Waals surface area contributed by atoms with E-state index in [4.69, 9.17) is 0 Å². The van der Waals surface area contributed by atoms with Gasteiger partial charge in [-0.25, -0.2) is 4.39 Å². The number of hydrogen-bond acceptors (Lipinski definition) is 1. The Morgan fingerprint density at radius 2 is 1.85 bits per heavy atom. The molecule has 0 N–H and O–H groups in total. The Morgan fingerprint density at radius 3 is 2.60 bits per heavy atom. The van der Waals surface area contributed by atoms with Gasteiger partial charge in [-0.15, -0.1) is 11.8 Å². The Morgan fingerprint density at radius 1 is 1.10 bits per heavy atom. The van der Waals surface area contributed by atoms with Gasteiger partial charge < -0.3 is 0 Å². The lowest BCUT2D eigenvalue weighted by molar-refractivity contribution is 0.553. The molecule has 0 aliphatic carbocycles. The summed E-state index contributed by atoms with van der Waals surface area (Å²) in [6.45, 7) is 6.62. The van der Waals surface area contributed by atoms with E-state index in [0.29, 0.717) is 11.8 Å². The molecular formula is C18H19FS. The monoisotopic (exact) mass is 286 g/mol. The van der Waals surface area contributed by atoms with E-state index in [2.05, 4.69) is 39.0 Å². The maximum absolute atomic E-state index is 13.5. The number of halogens is 1. The van der Waals surface area contributed by atoms with Gasteiger partial charge in [-0.05, 0) is 53.3 Å². The zero-order valence-electron chi connectivity index (χ0n) is 12.1. The molecule has 0 spiro atoms. The van der Waals surface area contributed by atoms with Gasteiger partial charge in [0, 0.05) is 16.6 Å². The molecule has 3 rings (SSSR count). The van der Waals surface area contributed by atoms with Crippen LogP contribution < -0.4 is 0 Å². The summed E-state index contributed by atoms with van der Waals surface area (Å²) in [5.74, 6) is 1.58. The normalized spacial score (nSPS) is 17.6. The Kier molecular flexibility index (Phi) is 3.59. The molecule has 0 unspecified atom stereocenters. The number of benzene rings is 2. The first-order valence-corrected chi connectivity index (χ1v) is 8.06. The number of rotatable bonds is 1. The summed E-state index contributed by atoms with van der Waals surface area (Å²) in [7, 11) is 0. The van der Waals surface area contributed by atoms with Crippen LogP contribution in [-0.4, -0.2) is 0 Å². The summed E-state index contributed by atoms with van der Waals surface area (Å²) in [6, 6.07) is 12.0. The highest BCUT2D eigenvalue weighted by molar-refractivity contribution is 7.98. The van der Waals surface area contributed by atoms with Crippen LogP contribution in [0.15, 0.2) is 41.3 Å². The van der Waals surface area contributed by atoms with Crippen molar-refractivity contribution < 1.29 is 4.39 Å². The minimum Gasteiger partial charge on any atom is -0.207 e. The van der Waals surface area contributed by atoms with E-state index < -0.39 is 0 Å². The zero-order chi connectivity index (χ0) is 14.3. The van der Waals surface area contributed by atoms with E-state index in [-0.39, 0.29) is 5.82 Å². The van der Waals surface area contributed by atoms with Crippen molar-refractivity contribution in [2.75, 3.05) is 0 Å². The molecule has 1 aliphatic heterocycles. The van der Waals surface area contributed by atoms with Crippen molar-refractivity contribution in [1.29, 1.82) is 0 Å². The predicted molar refractivity (Wildman–Crippen MR) is 83.8 cm³/mol. The fraction of sp³-hybridized carbons (Fsp3) is 0.333. The maximum Gasteiger partial charge on any atom is 0.123 e. The van der Waals surface area contributed by atoms with Gasteiger partial charge in [0.2, 0.25) is 0 Å². The lowest BCUT2D eigenvalue weighted by Gasteiger charge is -2.24. The maximum atomic E-state index is 13.5. The summed E-state index contributed by atoms with van der Waals surface area (Å²) in [5.41, 5.74) is 5.11. The lowest BCUT2D eigenvalue weighted by atomic mass is 9.80. The van der Waals surface area contributed by atoms with Crippen molar-refractivity contribution in [1.82, 2.24) is 0 Å². The van der Waals surface area contributed by atoms with E-state index in [1.54, 1.807) is 12.1 Å². The number of aryl methyl sites for hydroxylation is 1. The van der Waals surface area contributed by atoms with Gasteiger partial charge in [0.1, 0.15) is 5.82 Å². The van der Waals surface area contributed by atoms with Crippen molar-refractivity contribution in [3.8, 4) is 0 Å². The molecule has 1 aliphatic rings. The minimum absolute atomic E-state index is 0.131. The molecule has 2 heteroatoms. The molecule has 20 heavy (non-hydrogen) atoms.